The van der Waals surface area contributed by atoms with E-state index in [-0.39, 0.29) is 6.61 Å². The summed E-state index contributed by atoms with van der Waals surface area (Å²) in [6.07, 6.45) is -7.90. The fraction of sp³-hybridized carbons (Fsp3) is 1.00. The van der Waals surface area contributed by atoms with Crippen LogP contribution in [-0.2, 0) is 14.7 Å². The van der Waals surface area contributed by atoms with Gasteiger partial charge in [0.15, 0.2) is 0 Å². The number of alkyl halides is 17. The van der Waals surface area contributed by atoms with Crippen molar-refractivity contribution < 1.29 is 97.1 Å². The normalized spacial score (nSPS) is 15.6. The second-order valence-corrected chi connectivity index (χ2v) is 6.69. The van der Waals surface area contributed by atoms with Crippen LogP contribution in [-0.4, -0.2) is 67.9 Å². The summed E-state index contributed by atoms with van der Waals surface area (Å²) in [5, 5.41) is 7.57. The summed E-state index contributed by atoms with van der Waals surface area (Å²) < 4.78 is 249. The third-order valence-electron chi connectivity index (χ3n) is 3.06. The van der Waals surface area contributed by atoms with Crippen LogP contribution in [0.1, 0.15) is 6.92 Å². The molecule has 0 saturated heterocycles. The Kier molecular flexibility index (Phi) is 9.76. The summed E-state index contributed by atoms with van der Waals surface area (Å²) in [5.74, 6) is -51.8. The average Bonchev–Trinajstić information content (AvgIpc) is 2.59. The quantitative estimate of drug-likeness (QED) is 0.307. The van der Waals surface area contributed by atoms with Crippen molar-refractivity contribution in [1.29, 1.82) is 0 Å². The van der Waals surface area contributed by atoms with E-state index in [1.165, 1.54) is 4.39 Å². The molecule has 0 heterocycles. The van der Waals surface area contributed by atoms with E-state index in [9.17, 15) is 87.6 Å². The molecule has 0 amide bonds. The minimum Gasteiger partial charge on any atom is -0.397 e. The zero-order valence-corrected chi connectivity index (χ0v) is 15.9. The third-order valence-corrected chi connectivity index (χ3v) is 3.73. The first kappa shape index (κ1) is 34.7. The van der Waals surface area contributed by atoms with Crippen molar-refractivity contribution in [1.82, 2.24) is 4.72 Å². The summed E-state index contributed by atoms with van der Waals surface area (Å²) in [4.78, 5) is 0. The van der Waals surface area contributed by atoms with Crippen LogP contribution in [0.2, 0.25) is 0 Å². The molecule has 0 aromatic carbocycles. The maximum Gasteiger partial charge on any atom is 0.460 e. The molecule has 0 saturated carbocycles. The summed E-state index contributed by atoms with van der Waals surface area (Å²) in [6, 6.07) is -7.53. The van der Waals surface area contributed by atoms with E-state index in [0.29, 0.717) is 0 Å². The first-order chi connectivity index (χ1) is 14.4. The molecule has 0 aliphatic heterocycles. The Balaban J connectivity index is 0. The molecule has 0 rings (SSSR count). The summed E-state index contributed by atoms with van der Waals surface area (Å²) in [5.41, 5.74) is 0. The highest BCUT2D eigenvalue weighted by molar-refractivity contribution is 7.84. The molecule has 0 fully saturated rings. The van der Waals surface area contributed by atoms with E-state index in [4.69, 9.17) is 5.11 Å². The highest BCUT2D eigenvalue weighted by atomic mass is 32.2. The number of hydrogen-bond acceptors (Lipinski definition) is 4. The predicted molar refractivity (Wildman–Crippen MR) is 67.7 cm³/mol. The fourth-order valence-electron chi connectivity index (χ4n) is 1.40. The Labute approximate surface area is 174 Å². The first-order valence-corrected chi connectivity index (χ1v) is 8.50. The molecule has 0 spiro atoms. The highest BCUT2D eigenvalue weighted by Gasteiger charge is 2.95. The SMILES string of the molecule is CCO.O=S(=O)(NC(F)(F)C(F)(F)C(F)(F)C(F)(F)C(F)(F)C(F)(F)C(F)(F)C(F)(F)F)OF. The molecule has 0 radical (unpaired) electrons. The van der Waals surface area contributed by atoms with Gasteiger partial charge in [0.25, 0.3) is 0 Å². The van der Waals surface area contributed by atoms with Crippen molar-refractivity contribution >= 4 is 10.3 Å². The second kappa shape index (κ2) is 9.55. The van der Waals surface area contributed by atoms with Crippen molar-refractivity contribution in [2.45, 2.75) is 54.7 Å². The van der Waals surface area contributed by atoms with Gasteiger partial charge in [-0.15, -0.1) is 4.72 Å². The number of aliphatic hydroxyl groups is 1. The van der Waals surface area contributed by atoms with Crippen molar-refractivity contribution in [2.75, 3.05) is 6.61 Å². The molecule has 24 heteroatoms. The maximum absolute atomic E-state index is 13.2. The highest BCUT2D eigenvalue weighted by Crippen LogP contribution is 2.63. The van der Waals surface area contributed by atoms with Gasteiger partial charge in [-0.1, -0.05) is 4.39 Å². The third kappa shape index (κ3) is 5.37. The van der Waals surface area contributed by atoms with Gasteiger partial charge in [0.2, 0.25) is 0 Å². The molecule has 0 bridgehead atoms. The molecule has 0 unspecified atom stereocenters. The minimum atomic E-state index is -8.88. The van der Waals surface area contributed by atoms with E-state index in [1.54, 1.807) is 6.92 Å². The monoisotopic (exact) mass is 579 g/mol. The summed E-state index contributed by atoms with van der Waals surface area (Å²) in [7, 11) is -6.90. The molecule has 0 aliphatic carbocycles. The lowest BCUT2D eigenvalue weighted by atomic mass is 9.90. The van der Waals surface area contributed by atoms with Crippen LogP contribution in [0.15, 0.2) is 0 Å². The Morgan fingerprint density at radius 2 is 0.853 bits per heavy atom. The Morgan fingerprint density at radius 1 is 0.618 bits per heavy atom. The van der Waals surface area contributed by atoms with Crippen LogP contribution < -0.4 is 4.72 Å². The Hall–Kier alpha value is -1.43. The van der Waals surface area contributed by atoms with Gasteiger partial charge in [-0.05, 0) is 11.4 Å². The molecule has 0 aromatic heterocycles. The van der Waals surface area contributed by atoms with Crippen molar-refractivity contribution in [3.63, 3.8) is 0 Å². The van der Waals surface area contributed by atoms with E-state index < -0.39 is 62.8 Å². The Bertz CT molecular complexity index is 791. The standard InChI is InChI=1S/C8HF18NO3S.C2H6O/c9-1(10,3(13,14)5(17,18)7(21,22)23)2(11,12)4(15,16)6(19,20)8(24,25)27-31(28,29)30-26;1-2-3/h27H;3H,2H2,1H3. The summed E-state index contributed by atoms with van der Waals surface area (Å²) >= 11 is 0. The lowest BCUT2D eigenvalue weighted by Crippen LogP contribution is -2.75. The second-order valence-electron chi connectivity index (χ2n) is 5.45. The van der Waals surface area contributed by atoms with Crippen molar-refractivity contribution in [3.05, 3.63) is 0 Å². The van der Waals surface area contributed by atoms with Gasteiger partial charge >= 0.3 is 58.1 Å². The number of nitrogens with one attached hydrogen (secondary N) is 1. The molecule has 34 heavy (non-hydrogen) atoms. The molecule has 208 valence electrons. The van der Waals surface area contributed by atoms with Crippen molar-refractivity contribution in [3.8, 4) is 0 Å². The summed E-state index contributed by atoms with van der Waals surface area (Å²) in [6.45, 7) is 1.93. The zero-order valence-electron chi connectivity index (χ0n) is 15.1. The molecule has 0 aliphatic rings. The van der Waals surface area contributed by atoms with Gasteiger partial charge in [0, 0.05) is 6.61 Å². The molecule has 0 atom stereocenters. The van der Waals surface area contributed by atoms with E-state index in [2.05, 4.69) is 0 Å². The van der Waals surface area contributed by atoms with Gasteiger partial charge in [-0.2, -0.15) is 83.1 Å². The Morgan fingerprint density at radius 3 is 1.09 bits per heavy atom. The van der Waals surface area contributed by atoms with Crippen LogP contribution in [0.25, 0.3) is 0 Å². The molecule has 5 nitrogen and oxygen atoms in total. The number of hydrogen-bond donors (Lipinski definition) is 2. The van der Waals surface area contributed by atoms with E-state index >= 15 is 0 Å². The van der Waals surface area contributed by atoms with Gasteiger partial charge in [0.05, 0.1) is 0 Å². The number of halogens is 18. The topological polar surface area (TPSA) is 75.6 Å². The average molecular weight is 579 g/mol. The van der Waals surface area contributed by atoms with Crippen LogP contribution in [0.4, 0.5) is 79.2 Å². The van der Waals surface area contributed by atoms with E-state index in [0.717, 1.165) is 0 Å². The van der Waals surface area contributed by atoms with Crippen LogP contribution in [0.3, 0.4) is 0 Å². The molecular formula is C10H7F18NO4S. The van der Waals surface area contributed by atoms with Crippen LogP contribution in [0, 0.1) is 0 Å². The van der Waals surface area contributed by atoms with Gasteiger partial charge < -0.3 is 5.11 Å². The molecular weight excluding hydrogens is 572 g/mol. The first-order valence-electron chi connectivity index (χ1n) is 7.09. The van der Waals surface area contributed by atoms with Gasteiger partial charge in [-0.25, -0.2) is 0 Å². The smallest absolute Gasteiger partial charge is 0.397 e. The number of rotatable bonds is 9. The zero-order chi connectivity index (χ0) is 28.6. The van der Waals surface area contributed by atoms with E-state index in [1.807, 2.05) is 0 Å². The van der Waals surface area contributed by atoms with Crippen LogP contribution >= 0.6 is 0 Å². The van der Waals surface area contributed by atoms with Gasteiger partial charge in [0.1, 0.15) is 0 Å². The fourth-order valence-corrected chi connectivity index (χ4v) is 1.87. The molecule has 2 N–H and O–H groups in total. The lowest BCUT2D eigenvalue weighted by molar-refractivity contribution is -0.462. The maximum atomic E-state index is 13.2. The lowest BCUT2D eigenvalue weighted by Gasteiger charge is -2.42. The minimum absolute atomic E-state index is 0.250. The largest absolute Gasteiger partial charge is 0.460 e. The van der Waals surface area contributed by atoms with Crippen LogP contribution in [0.5, 0.6) is 0 Å². The molecule has 0 aromatic rings. The van der Waals surface area contributed by atoms with Crippen molar-refractivity contribution in [2.24, 2.45) is 0 Å². The number of aliphatic hydroxyl groups excluding tert-OH is 1. The predicted octanol–water partition coefficient (Wildman–Crippen LogP) is 4.69. The van der Waals surface area contributed by atoms with Gasteiger partial charge in [-0.3, -0.25) is 0 Å².